The molecule has 2 N–H and O–H groups in total. The largest absolute Gasteiger partial charge is 0.386 e. The van der Waals surface area contributed by atoms with Crippen LogP contribution in [-0.4, -0.2) is 16.3 Å². The van der Waals surface area contributed by atoms with Gasteiger partial charge in [0.15, 0.2) is 0 Å². The topological polar surface area (TPSA) is 40.5 Å². The van der Waals surface area contributed by atoms with Crippen molar-refractivity contribution in [3.8, 4) is 0 Å². The van der Waals surface area contributed by atoms with Crippen LogP contribution in [0.25, 0.3) is 38.4 Å². The van der Waals surface area contributed by atoms with E-state index in [1.807, 2.05) is 30.3 Å². The molecule has 1 aliphatic rings. The van der Waals surface area contributed by atoms with Gasteiger partial charge in [-0.1, -0.05) is 60.7 Å². The van der Waals surface area contributed by atoms with Gasteiger partial charge in [-0.25, -0.2) is 0 Å². The number of aliphatic hydroxyl groups is 2. The normalized spacial score (nSPS) is 19.9. The molecule has 0 radical (unpaired) electrons. The van der Waals surface area contributed by atoms with Gasteiger partial charge in [0.05, 0.1) is 0 Å². The number of aliphatic hydroxyl groups excluding tert-OH is 2. The maximum absolute atomic E-state index is 10.7. The fourth-order valence-electron chi connectivity index (χ4n) is 3.90. The van der Waals surface area contributed by atoms with Crippen LogP contribution in [0.15, 0.2) is 66.7 Å². The second-order valence-corrected chi connectivity index (χ2v) is 6.41. The van der Waals surface area contributed by atoms with Crippen LogP contribution in [0.4, 0.5) is 0 Å². The Hall–Kier alpha value is -2.68. The summed E-state index contributed by atoms with van der Waals surface area (Å²) in [6.07, 6.45) is 1.84. The predicted octanol–water partition coefficient (Wildman–Crippen LogP) is 4.57. The molecule has 0 amide bonds. The van der Waals surface area contributed by atoms with E-state index >= 15 is 0 Å². The molecular weight excluding hydrogens is 296 g/mol. The average Bonchev–Trinajstić information content (AvgIpc) is 2.63. The Morgan fingerprint density at radius 3 is 2.04 bits per heavy atom. The van der Waals surface area contributed by atoms with Gasteiger partial charge in [-0.05, 0) is 55.6 Å². The predicted molar refractivity (Wildman–Crippen MR) is 99.0 cm³/mol. The second-order valence-electron chi connectivity index (χ2n) is 6.41. The molecule has 0 aliphatic heterocycles. The highest BCUT2D eigenvalue weighted by molar-refractivity contribution is 6.16. The molecule has 2 atom stereocenters. The molecule has 1 aliphatic carbocycles. The molecule has 2 nitrogen and oxygen atoms in total. The Morgan fingerprint density at radius 2 is 1.29 bits per heavy atom. The van der Waals surface area contributed by atoms with Crippen LogP contribution >= 0.6 is 0 Å². The van der Waals surface area contributed by atoms with Crippen LogP contribution in [-0.2, 0) is 0 Å². The number of rotatable bonds is 0. The van der Waals surface area contributed by atoms with Crippen molar-refractivity contribution in [3.63, 3.8) is 0 Å². The lowest BCUT2D eigenvalue weighted by molar-refractivity contribution is 0.0481. The number of benzene rings is 4. The first-order valence-electron chi connectivity index (χ1n) is 8.15. The molecule has 0 bridgehead atoms. The Balaban J connectivity index is 2.07. The van der Waals surface area contributed by atoms with Gasteiger partial charge < -0.3 is 10.2 Å². The van der Waals surface area contributed by atoms with Gasteiger partial charge in [-0.3, -0.25) is 0 Å². The van der Waals surface area contributed by atoms with Gasteiger partial charge in [0, 0.05) is 0 Å². The molecule has 4 aromatic carbocycles. The van der Waals surface area contributed by atoms with E-state index in [2.05, 4.69) is 36.4 Å². The first kappa shape index (κ1) is 13.7. The zero-order valence-electron chi connectivity index (χ0n) is 13.0. The number of fused-ring (bicyclic) bond motifs is 7. The zero-order chi connectivity index (χ0) is 16.3. The van der Waals surface area contributed by atoms with E-state index in [0.717, 1.165) is 32.7 Å². The fraction of sp³-hybridized carbons (Fsp3) is 0.0909. The smallest absolute Gasteiger partial charge is 0.110 e. The first-order chi connectivity index (χ1) is 11.7. The van der Waals surface area contributed by atoms with Crippen LogP contribution < -0.4 is 0 Å². The maximum atomic E-state index is 10.7. The minimum absolute atomic E-state index is 0.824. The van der Waals surface area contributed by atoms with Gasteiger partial charge in [0.25, 0.3) is 0 Å². The van der Waals surface area contributed by atoms with Crippen molar-refractivity contribution in [2.75, 3.05) is 0 Å². The van der Waals surface area contributed by atoms with E-state index in [9.17, 15) is 10.2 Å². The lowest BCUT2D eigenvalue weighted by Crippen LogP contribution is -2.20. The summed E-state index contributed by atoms with van der Waals surface area (Å²) >= 11 is 0. The van der Waals surface area contributed by atoms with Crippen molar-refractivity contribution in [1.29, 1.82) is 0 Å². The summed E-state index contributed by atoms with van der Waals surface area (Å²) in [7, 11) is 0. The highest BCUT2D eigenvalue weighted by Gasteiger charge is 2.26. The van der Waals surface area contributed by atoms with Crippen LogP contribution in [0, 0.1) is 0 Å². The molecule has 5 rings (SSSR count). The van der Waals surface area contributed by atoms with Crippen molar-refractivity contribution in [2.24, 2.45) is 0 Å². The maximum Gasteiger partial charge on any atom is 0.110 e. The highest BCUT2D eigenvalue weighted by atomic mass is 16.3. The van der Waals surface area contributed by atoms with Gasteiger partial charge >= 0.3 is 0 Å². The van der Waals surface area contributed by atoms with Crippen molar-refractivity contribution < 1.29 is 10.2 Å². The van der Waals surface area contributed by atoms with Crippen molar-refractivity contribution >= 4 is 38.4 Å². The standard InChI is InChI=1S/C22H16O2/c23-20-10-9-17-15-7-3-4-8-16(15)18-11-13-5-1-2-6-14(13)12-19(18)21(17)22(20)24/h1-12,20,22-24H/t20-,22+/m0/s1. The van der Waals surface area contributed by atoms with E-state index in [1.54, 1.807) is 6.08 Å². The minimum Gasteiger partial charge on any atom is -0.386 e. The van der Waals surface area contributed by atoms with Gasteiger partial charge in [0.2, 0.25) is 0 Å². The zero-order valence-corrected chi connectivity index (χ0v) is 13.0. The molecule has 24 heavy (non-hydrogen) atoms. The first-order valence-corrected chi connectivity index (χ1v) is 8.15. The summed E-state index contributed by atoms with van der Waals surface area (Å²) in [5.74, 6) is 0. The summed E-state index contributed by atoms with van der Waals surface area (Å²) in [5.41, 5.74) is 1.83. The van der Waals surface area contributed by atoms with E-state index in [0.29, 0.717) is 0 Å². The third kappa shape index (κ3) is 1.78. The summed E-state index contributed by atoms with van der Waals surface area (Å²) in [4.78, 5) is 0. The van der Waals surface area contributed by atoms with Crippen molar-refractivity contribution in [1.82, 2.24) is 0 Å². The van der Waals surface area contributed by atoms with Crippen LogP contribution in [0.2, 0.25) is 0 Å². The number of hydrogen-bond donors (Lipinski definition) is 2. The Labute approximate surface area is 139 Å². The van der Waals surface area contributed by atoms with Crippen LogP contribution in [0.1, 0.15) is 17.2 Å². The SMILES string of the molecule is O[C@H]1C=Cc2c(c3cc4ccccc4cc3c3ccccc23)[C@@H]1O. The quantitative estimate of drug-likeness (QED) is 0.369. The van der Waals surface area contributed by atoms with E-state index in [4.69, 9.17) is 0 Å². The second kappa shape index (κ2) is 4.91. The lowest BCUT2D eigenvalue weighted by Gasteiger charge is -2.25. The van der Waals surface area contributed by atoms with E-state index < -0.39 is 12.2 Å². The molecule has 0 heterocycles. The molecule has 0 unspecified atom stereocenters. The molecule has 0 saturated carbocycles. The summed E-state index contributed by atoms with van der Waals surface area (Å²) in [6, 6.07) is 20.8. The third-order valence-corrected chi connectivity index (χ3v) is 5.05. The average molecular weight is 312 g/mol. The van der Waals surface area contributed by atoms with Crippen molar-refractivity contribution in [3.05, 3.63) is 77.9 Å². The number of hydrogen-bond acceptors (Lipinski definition) is 2. The summed E-state index contributed by atoms with van der Waals surface area (Å²) < 4.78 is 0. The Kier molecular flexibility index (Phi) is 2.81. The molecule has 0 fully saturated rings. The van der Waals surface area contributed by atoms with Crippen molar-refractivity contribution in [2.45, 2.75) is 12.2 Å². The van der Waals surface area contributed by atoms with E-state index in [1.165, 1.54) is 10.8 Å². The molecule has 0 spiro atoms. The molecule has 4 aromatic rings. The van der Waals surface area contributed by atoms with Gasteiger partial charge in [0.1, 0.15) is 12.2 Å². The molecule has 2 heteroatoms. The minimum atomic E-state index is -0.904. The highest BCUT2D eigenvalue weighted by Crippen LogP contribution is 2.41. The summed E-state index contributed by atoms with van der Waals surface area (Å²) in [5, 5.41) is 27.5. The molecular formula is C22H16O2. The molecule has 0 aromatic heterocycles. The fourth-order valence-corrected chi connectivity index (χ4v) is 3.90. The molecule has 0 saturated heterocycles. The Morgan fingerprint density at radius 1 is 0.667 bits per heavy atom. The lowest BCUT2D eigenvalue weighted by atomic mass is 9.83. The van der Waals surface area contributed by atoms with Crippen LogP contribution in [0.3, 0.4) is 0 Å². The van der Waals surface area contributed by atoms with Gasteiger partial charge in [-0.15, -0.1) is 0 Å². The Bertz CT molecular complexity index is 1140. The van der Waals surface area contributed by atoms with E-state index in [-0.39, 0.29) is 0 Å². The van der Waals surface area contributed by atoms with Crippen LogP contribution in [0.5, 0.6) is 0 Å². The monoisotopic (exact) mass is 312 g/mol. The molecule has 116 valence electrons. The van der Waals surface area contributed by atoms with Gasteiger partial charge in [-0.2, -0.15) is 0 Å². The third-order valence-electron chi connectivity index (χ3n) is 5.05. The summed E-state index contributed by atoms with van der Waals surface area (Å²) in [6.45, 7) is 0.